The first-order chi connectivity index (χ1) is 19.6. The summed E-state index contributed by atoms with van der Waals surface area (Å²) in [6, 6.07) is 5.49. The molecule has 2 fully saturated rings. The Balaban J connectivity index is 1.44. The monoisotopic (exact) mass is 564 g/mol. The van der Waals surface area contributed by atoms with Gasteiger partial charge in [-0.1, -0.05) is 6.07 Å². The van der Waals surface area contributed by atoms with Crippen molar-refractivity contribution in [1.82, 2.24) is 4.57 Å². The fourth-order valence-electron chi connectivity index (χ4n) is 5.91. The molecule has 1 saturated heterocycles. The zero-order chi connectivity index (χ0) is 29.2. The number of carbonyl (C=O) groups is 3. The van der Waals surface area contributed by atoms with E-state index in [-0.39, 0.29) is 35.0 Å². The summed E-state index contributed by atoms with van der Waals surface area (Å²) in [5.41, 5.74) is 7.34. The second-order valence-corrected chi connectivity index (χ2v) is 10.7. The lowest BCUT2D eigenvalue weighted by atomic mass is 10.0. The van der Waals surface area contributed by atoms with Crippen molar-refractivity contribution < 1.29 is 33.4 Å². The Kier molecular flexibility index (Phi) is 6.35. The van der Waals surface area contributed by atoms with Crippen LogP contribution in [0.2, 0.25) is 0 Å². The van der Waals surface area contributed by atoms with Gasteiger partial charge in [-0.25, -0.2) is 14.0 Å². The van der Waals surface area contributed by atoms with Crippen molar-refractivity contribution in [3.8, 4) is 5.75 Å². The minimum absolute atomic E-state index is 0.00229. The van der Waals surface area contributed by atoms with Gasteiger partial charge in [0.2, 0.25) is 5.43 Å². The number of benzene rings is 2. The first-order valence-corrected chi connectivity index (χ1v) is 13.4. The number of halogens is 1. The van der Waals surface area contributed by atoms with Crippen LogP contribution >= 0.6 is 0 Å². The lowest BCUT2D eigenvalue weighted by Crippen LogP contribution is -2.32. The summed E-state index contributed by atoms with van der Waals surface area (Å²) >= 11 is 0. The van der Waals surface area contributed by atoms with Gasteiger partial charge in [-0.15, -0.1) is 0 Å². The number of carboxylic acids is 1. The van der Waals surface area contributed by atoms with E-state index in [1.165, 1.54) is 25.1 Å². The number of nitrogens with zero attached hydrogens (tertiary/aromatic N) is 3. The van der Waals surface area contributed by atoms with Crippen LogP contribution in [0.4, 0.5) is 20.6 Å². The molecule has 6 rings (SSSR count). The summed E-state index contributed by atoms with van der Waals surface area (Å²) in [5.74, 6) is -2.50. The summed E-state index contributed by atoms with van der Waals surface area (Å²) in [6.45, 7) is 2.35. The zero-order valence-corrected chi connectivity index (χ0v) is 22.6. The summed E-state index contributed by atoms with van der Waals surface area (Å²) < 4.78 is 28.8. The SMILES string of the molecule is COc1c(N2CCCc3cc(N4CC(C(N)=O)OC4=O)ccc3C2)c(F)c(C)c2c(=O)c(C(=O)O)cn(C3CC3)c12. The predicted octanol–water partition coefficient (Wildman–Crippen LogP) is 3.25. The van der Waals surface area contributed by atoms with Crippen molar-refractivity contribution in [1.29, 1.82) is 0 Å². The van der Waals surface area contributed by atoms with Crippen LogP contribution in [0.5, 0.6) is 5.75 Å². The number of anilines is 2. The smallest absolute Gasteiger partial charge is 0.415 e. The van der Waals surface area contributed by atoms with E-state index in [4.69, 9.17) is 15.2 Å². The second kappa shape index (κ2) is 9.79. The molecule has 2 amide bonds. The quantitative estimate of drug-likeness (QED) is 0.464. The number of cyclic esters (lactones) is 1. The van der Waals surface area contributed by atoms with Gasteiger partial charge in [-0.3, -0.25) is 14.5 Å². The first kappa shape index (κ1) is 26.6. The Labute approximate surface area is 233 Å². The van der Waals surface area contributed by atoms with Crippen molar-refractivity contribution >= 4 is 40.2 Å². The highest BCUT2D eigenvalue weighted by Crippen LogP contribution is 2.46. The molecular formula is C29H29FN4O7. The van der Waals surface area contributed by atoms with Gasteiger partial charge in [0.15, 0.2) is 17.7 Å². The molecule has 1 saturated carbocycles. The Morgan fingerprint density at radius 1 is 1.20 bits per heavy atom. The van der Waals surface area contributed by atoms with Crippen LogP contribution < -0.4 is 25.7 Å². The lowest BCUT2D eigenvalue weighted by molar-refractivity contribution is -0.124. The summed E-state index contributed by atoms with van der Waals surface area (Å²) in [7, 11) is 1.42. The maximum atomic E-state index is 16.2. The van der Waals surface area contributed by atoms with E-state index in [1.807, 2.05) is 17.0 Å². The Bertz CT molecular complexity index is 1700. The highest BCUT2D eigenvalue weighted by atomic mass is 19.1. The van der Waals surface area contributed by atoms with Crippen LogP contribution in [-0.4, -0.2) is 53.9 Å². The summed E-state index contributed by atoms with van der Waals surface area (Å²) in [5, 5.41) is 9.68. The number of amides is 2. The first-order valence-electron chi connectivity index (χ1n) is 13.4. The molecule has 0 radical (unpaired) electrons. The number of aryl methyl sites for hydroxylation is 2. The van der Waals surface area contributed by atoms with Crippen LogP contribution in [-0.2, 0) is 22.5 Å². The maximum absolute atomic E-state index is 16.2. The molecule has 1 unspecified atom stereocenters. The molecule has 11 nitrogen and oxygen atoms in total. The molecule has 3 aromatic rings. The number of carbonyl (C=O) groups excluding carboxylic acids is 2. The van der Waals surface area contributed by atoms with E-state index in [9.17, 15) is 24.3 Å². The molecule has 2 aliphatic heterocycles. The molecule has 3 heterocycles. The highest BCUT2D eigenvalue weighted by molar-refractivity contribution is 5.99. The fraction of sp³-hybridized carbons (Fsp3) is 0.379. The van der Waals surface area contributed by atoms with Gasteiger partial charge in [0.05, 0.1) is 24.6 Å². The molecule has 0 spiro atoms. The number of rotatable bonds is 6. The molecular weight excluding hydrogens is 535 g/mol. The van der Waals surface area contributed by atoms with E-state index in [2.05, 4.69) is 0 Å². The van der Waals surface area contributed by atoms with Crippen LogP contribution in [0.1, 0.15) is 52.4 Å². The summed E-state index contributed by atoms with van der Waals surface area (Å²) in [6.07, 6.45) is 2.65. The summed E-state index contributed by atoms with van der Waals surface area (Å²) in [4.78, 5) is 52.2. The molecule has 12 heteroatoms. The predicted molar refractivity (Wildman–Crippen MR) is 147 cm³/mol. The average molecular weight is 565 g/mol. The molecule has 1 atom stereocenters. The van der Waals surface area contributed by atoms with Gasteiger partial charge in [0.1, 0.15) is 11.3 Å². The molecule has 1 aliphatic carbocycles. The molecule has 3 aliphatic rings. The number of hydrogen-bond donors (Lipinski definition) is 2. The van der Waals surface area contributed by atoms with E-state index < -0.39 is 40.9 Å². The van der Waals surface area contributed by atoms with Crippen molar-refractivity contribution in [3.05, 3.63) is 62.7 Å². The van der Waals surface area contributed by atoms with Gasteiger partial charge in [-0.05, 0) is 55.9 Å². The molecule has 3 N–H and O–H groups in total. The largest absolute Gasteiger partial charge is 0.492 e. The minimum Gasteiger partial charge on any atom is -0.492 e. The standard InChI is InChI=1S/C29H29FN4O7/c1-14-21-23(33(17-7-8-17)12-19(25(21)35)28(37)38)26(40-2)24(22(14)30)32-9-3-4-15-10-18(6-5-16(15)11-32)34-13-20(27(31)36)41-29(34)39/h5-6,10,12,17,20H,3-4,7-9,11,13H2,1-2H3,(H2,31,36)(H,37,38). The lowest BCUT2D eigenvalue weighted by Gasteiger charge is -2.28. The zero-order valence-electron chi connectivity index (χ0n) is 22.6. The normalized spacial score (nSPS) is 18.7. The number of primary amides is 1. The second-order valence-electron chi connectivity index (χ2n) is 10.7. The third-order valence-electron chi connectivity index (χ3n) is 8.13. The molecule has 41 heavy (non-hydrogen) atoms. The van der Waals surface area contributed by atoms with E-state index >= 15 is 4.39 Å². The number of hydrogen-bond acceptors (Lipinski definition) is 7. The Hall–Kier alpha value is -4.61. The number of pyridine rings is 1. The Morgan fingerprint density at radius 2 is 1.95 bits per heavy atom. The van der Waals surface area contributed by atoms with Crippen molar-refractivity contribution in [2.45, 2.75) is 51.3 Å². The third kappa shape index (κ3) is 4.34. The molecule has 1 aromatic heterocycles. The van der Waals surface area contributed by atoms with Gasteiger partial charge in [0.25, 0.3) is 5.91 Å². The van der Waals surface area contributed by atoms with Crippen molar-refractivity contribution in [2.24, 2.45) is 5.73 Å². The average Bonchev–Trinajstić information content (AvgIpc) is 3.73. The van der Waals surface area contributed by atoms with Crippen LogP contribution in [0.15, 0.2) is 29.2 Å². The minimum atomic E-state index is -1.36. The number of ether oxygens (including phenoxy) is 2. The van der Waals surface area contributed by atoms with Gasteiger partial charge in [0, 0.05) is 36.6 Å². The number of carboxylic acid groups (broad SMARTS) is 1. The number of aromatic nitrogens is 1. The number of methoxy groups -OCH3 is 1. The van der Waals surface area contributed by atoms with Crippen molar-refractivity contribution in [2.75, 3.05) is 30.0 Å². The highest BCUT2D eigenvalue weighted by Gasteiger charge is 2.37. The van der Waals surface area contributed by atoms with Gasteiger partial charge in [-0.2, -0.15) is 0 Å². The topological polar surface area (TPSA) is 144 Å². The third-order valence-corrected chi connectivity index (χ3v) is 8.13. The molecule has 214 valence electrons. The Morgan fingerprint density at radius 3 is 2.59 bits per heavy atom. The van der Waals surface area contributed by atoms with Gasteiger partial charge < -0.3 is 29.8 Å². The van der Waals surface area contributed by atoms with Crippen LogP contribution in [0, 0.1) is 12.7 Å². The maximum Gasteiger partial charge on any atom is 0.415 e. The van der Waals surface area contributed by atoms with Gasteiger partial charge >= 0.3 is 12.1 Å². The fourth-order valence-corrected chi connectivity index (χ4v) is 5.91. The van der Waals surface area contributed by atoms with Crippen LogP contribution in [0.3, 0.4) is 0 Å². The van der Waals surface area contributed by atoms with Crippen LogP contribution in [0.25, 0.3) is 10.9 Å². The molecule has 0 bridgehead atoms. The molecule has 2 aromatic carbocycles. The number of fused-ring (bicyclic) bond motifs is 2. The van der Waals surface area contributed by atoms with E-state index in [1.54, 1.807) is 10.6 Å². The van der Waals surface area contributed by atoms with E-state index in [0.29, 0.717) is 37.1 Å². The van der Waals surface area contributed by atoms with E-state index in [0.717, 1.165) is 24.0 Å². The number of nitrogens with two attached hydrogens (primary N) is 1. The van der Waals surface area contributed by atoms with Crippen molar-refractivity contribution in [3.63, 3.8) is 0 Å². The number of aromatic carboxylic acids is 1.